The van der Waals surface area contributed by atoms with Crippen molar-refractivity contribution in [2.75, 3.05) is 12.8 Å². The highest BCUT2D eigenvalue weighted by molar-refractivity contribution is 7.99. The number of aromatic nitrogens is 3. The van der Waals surface area contributed by atoms with Crippen LogP contribution < -0.4 is 5.32 Å². The minimum absolute atomic E-state index is 0.264. The van der Waals surface area contributed by atoms with Gasteiger partial charge in [-0.25, -0.2) is 4.98 Å². The zero-order chi connectivity index (χ0) is 14.7. The molecule has 108 valence electrons. The summed E-state index contributed by atoms with van der Waals surface area (Å²) in [4.78, 5) is 4.34. The zero-order valence-corrected chi connectivity index (χ0v) is 12.9. The van der Waals surface area contributed by atoms with E-state index in [4.69, 9.17) is 0 Å². The van der Waals surface area contributed by atoms with Crippen molar-refractivity contribution in [3.63, 3.8) is 0 Å². The van der Waals surface area contributed by atoms with Crippen LogP contribution in [0.2, 0.25) is 0 Å². The van der Waals surface area contributed by atoms with Crippen molar-refractivity contribution in [1.82, 2.24) is 20.5 Å². The molecule has 1 heterocycles. The van der Waals surface area contributed by atoms with Crippen LogP contribution in [0, 0.1) is 6.92 Å². The number of hydrogen-bond donors (Lipinski definition) is 2. The van der Waals surface area contributed by atoms with Crippen LogP contribution in [-0.4, -0.2) is 28.0 Å². The molecule has 3 rings (SSSR count). The lowest BCUT2D eigenvalue weighted by atomic mass is 10.00. The van der Waals surface area contributed by atoms with Gasteiger partial charge in [-0.05, 0) is 30.3 Å². The minimum atomic E-state index is 0.264. The van der Waals surface area contributed by atoms with Crippen LogP contribution >= 0.6 is 11.8 Å². The molecule has 2 aromatic carbocycles. The molecule has 4 nitrogen and oxygen atoms in total. The second kappa shape index (κ2) is 6.28. The van der Waals surface area contributed by atoms with Crippen molar-refractivity contribution in [3.05, 3.63) is 53.9 Å². The summed E-state index contributed by atoms with van der Waals surface area (Å²) < 4.78 is 0. The van der Waals surface area contributed by atoms with Crippen LogP contribution in [0.4, 0.5) is 0 Å². The number of rotatable bonds is 5. The lowest BCUT2D eigenvalue weighted by Crippen LogP contribution is -2.19. The van der Waals surface area contributed by atoms with Gasteiger partial charge in [0.2, 0.25) is 5.16 Å². The summed E-state index contributed by atoms with van der Waals surface area (Å²) in [5.41, 5.74) is 1.32. The van der Waals surface area contributed by atoms with Crippen molar-refractivity contribution in [2.45, 2.75) is 18.1 Å². The SMILES string of the molecule is CNC(CSc1n[nH]c(C)n1)c1cccc2ccccc12. The molecule has 5 heteroatoms. The molecule has 0 amide bonds. The maximum absolute atomic E-state index is 4.34. The van der Waals surface area contributed by atoms with Gasteiger partial charge in [-0.3, -0.25) is 5.10 Å². The quantitative estimate of drug-likeness (QED) is 0.710. The molecule has 0 radical (unpaired) electrons. The molecule has 21 heavy (non-hydrogen) atoms. The highest BCUT2D eigenvalue weighted by Gasteiger charge is 2.14. The number of aryl methyl sites for hydroxylation is 1. The summed E-state index contributed by atoms with van der Waals surface area (Å²) in [5, 5.41) is 13.8. The van der Waals surface area contributed by atoms with Gasteiger partial charge in [-0.15, -0.1) is 5.10 Å². The number of aromatic amines is 1. The fraction of sp³-hybridized carbons (Fsp3) is 0.250. The van der Waals surface area contributed by atoms with Crippen LogP contribution in [0.15, 0.2) is 47.6 Å². The summed E-state index contributed by atoms with van der Waals surface area (Å²) in [6, 6.07) is 15.2. The number of benzene rings is 2. The van der Waals surface area contributed by atoms with Gasteiger partial charge >= 0.3 is 0 Å². The Morgan fingerprint density at radius 2 is 2.00 bits per heavy atom. The first kappa shape index (κ1) is 14.1. The molecule has 0 aliphatic rings. The summed E-state index contributed by atoms with van der Waals surface area (Å²) in [6.07, 6.45) is 0. The molecule has 1 unspecified atom stereocenters. The largest absolute Gasteiger partial charge is 0.312 e. The van der Waals surface area contributed by atoms with Gasteiger partial charge in [0.25, 0.3) is 0 Å². The van der Waals surface area contributed by atoms with Crippen LogP contribution in [0.1, 0.15) is 17.4 Å². The van der Waals surface area contributed by atoms with Gasteiger partial charge in [0.15, 0.2) is 0 Å². The Bertz CT molecular complexity index is 732. The maximum atomic E-state index is 4.34. The number of nitrogens with one attached hydrogen (secondary N) is 2. The smallest absolute Gasteiger partial charge is 0.208 e. The molecular formula is C16H18N4S. The standard InChI is InChI=1S/C16H18N4S/c1-11-18-16(20-19-11)21-10-15(17-2)14-9-5-7-12-6-3-4-8-13(12)14/h3-9,15,17H,10H2,1-2H3,(H,18,19,20). The van der Waals surface area contributed by atoms with Crippen LogP contribution in [0.5, 0.6) is 0 Å². The van der Waals surface area contributed by atoms with Gasteiger partial charge in [-0.1, -0.05) is 54.2 Å². The van der Waals surface area contributed by atoms with E-state index in [-0.39, 0.29) is 6.04 Å². The molecule has 0 aliphatic carbocycles. The lowest BCUT2D eigenvalue weighted by molar-refractivity contribution is 0.666. The van der Waals surface area contributed by atoms with Crippen molar-refractivity contribution in [3.8, 4) is 0 Å². The van der Waals surface area contributed by atoms with E-state index in [2.05, 4.69) is 63.0 Å². The number of fused-ring (bicyclic) bond motifs is 1. The number of nitrogens with zero attached hydrogens (tertiary/aromatic N) is 2. The van der Waals surface area contributed by atoms with E-state index in [0.29, 0.717) is 0 Å². The Labute approximate surface area is 128 Å². The zero-order valence-electron chi connectivity index (χ0n) is 12.1. The van der Waals surface area contributed by atoms with Crippen LogP contribution in [0.3, 0.4) is 0 Å². The molecule has 0 aliphatic heterocycles. The monoisotopic (exact) mass is 298 g/mol. The van der Waals surface area contributed by atoms with Gasteiger partial charge in [0, 0.05) is 11.8 Å². The van der Waals surface area contributed by atoms with Gasteiger partial charge in [0.05, 0.1) is 0 Å². The first-order valence-electron chi connectivity index (χ1n) is 6.94. The van der Waals surface area contributed by atoms with Crippen LogP contribution in [-0.2, 0) is 0 Å². The molecule has 2 N–H and O–H groups in total. The first-order valence-corrected chi connectivity index (χ1v) is 7.93. The fourth-order valence-electron chi connectivity index (χ4n) is 2.43. The molecule has 0 fully saturated rings. The lowest BCUT2D eigenvalue weighted by Gasteiger charge is -2.17. The van der Waals surface area contributed by atoms with E-state index in [1.807, 2.05) is 14.0 Å². The Morgan fingerprint density at radius 1 is 1.19 bits per heavy atom. The average molecular weight is 298 g/mol. The molecule has 0 saturated heterocycles. The van der Waals surface area contributed by atoms with Crippen LogP contribution in [0.25, 0.3) is 10.8 Å². The van der Waals surface area contributed by atoms with Gasteiger partial charge < -0.3 is 5.32 Å². The summed E-state index contributed by atoms with van der Waals surface area (Å²) in [7, 11) is 2.00. The Kier molecular flexibility index (Phi) is 4.22. The summed E-state index contributed by atoms with van der Waals surface area (Å²) in [5.74, 6) is 1.74. The average Bonchev–Trinajstić information content (AvgIpc) is 2.93. The third-order valence-corrected chi connectivity index (χ3v) is 4.44. The second-order valence-corrected chi connectivity index (χ2v) is 5.91. The maximum Gasteiger partial charge on any atom is 0.208 e. The normalized spacial score (nSPS) is 12.7. The van der Waals surface area contributed by atoms with E-state index in [0.717, 1.165) is 16.7 Å². The molecule has 1 atom stereocenters. The summed E-state index contributed by atoms with van der Waals surface area (Å²) >= 11 is 1.66. The fourth-order valence-corrected chi connectivity index (χ4v) is 3.40. The predicted octanol–water partition coefficient (Wildman–Crippen LogP) is 3.32. The number of thioether (sulfide) groups is 1. The minimum Gasteiger partial charge on any atom is -0.312 e. The molecule has 0 saturated carbocycles. The molecule has 3 aromatic rings. The predicted molar refractivity (Wildman–Crippen MR) is 87.6 cm³/mol. The van der Waals surface area contributed by atoms with Gasteiger partial charge in [0.1, 0.15) is 5.82 Å². The molecule has 1 aromatic heterocycles. The van der Waals surface area contributed by atoms with E-state index < -0.39 is 0 Å². The third kappa shape index (κ3) is 3.09. The van der Waals surface area contributed by atoms with E-state index in [9.17, 15) is 0 Å². The molecular weight excluding hydrogens is 280 g/mol. The first-order chi connectivity index (χ1) is 10.3. The van der Waals surface area contributed by atoms with E-state index in [1.165, 1.54) is 16.3 Å². The van der Waals surface area contributed by atoms with Gasteiger partial charge in [-0.2, -0.15) is 0 Å². The van der Waals surface area contributed by atoms with E-state index >= 15 is 0 Å². The molecule has 0 bridgehead atoms. The van der Waals surface area contributed by atoms with E-state index in [1.54, 1.807) is 11.8 Å². The highest BCUT2D eigenvalue weighted by atomic mass is 32.2. The topological polar surface area (TPSA) is 53.6 Å². The highest BCUT2D eigenvalue weighted by Crippen LogP contribution is 2.28. The summed E-state index contributed by atoms with van der Waals surface area (Å²) in [6.45, 7) is 1.91. The van der Waals surface area contributed by atoms with Crippen molar-refractivity contribution in [2.24, 2.45) is 0 Å². The number of H-pyrrole nitrogens is 1. The van der Waals surface area contributed by atoms with Crippen molar-refractivity contribution >= 4 is 22.5 Å². The third-order valence-electron chi connectivity index (χ3n) is 3.50. The van der Waals surface area contributed by atoms with Crippen molar-refractivity contribution in [1.29, 1.82) is 0 Å². The Morgan fingerprint density at radius 3 is 2.76 bits per heavy atom. The second-order valence-electron chi connectivity index (χ2n) is 4.92. The van der Waals surface area contributed by atoms with Crippen molar-refractivity contribution < 1.29 is 0 Å². The molecule has 0 spiro atoms. The number of hydrogen-bond acceptors (Lipinski definition) is 4. The Hall–Kier alpha value is -1.85. The Balaban J connectivity index is 1.84.